The summed E-state index contributed by atoms with van der Waals surface area (Å²) in [7, 11) is 2.06. The largest absolute Gasteiger partial charge is 0.388 e. The molecule has 1 fully saturated rings. The molecule has 0 aliphatic carbocycles. The zero-order chi connectivity index (χ0) is 14.8. The van der Waals surface area contributed by atoms with Gasteiger partial charge in [-0.05, 0) is 37.9 Å². The molecule has 1 aliphatic heterocycles. The van der Waals surface area contributed by atoms with Gasteiger partial charge in [-0.3, -0.25) is 4.90 Å². The maximum atomic E-state index is 10.7. The number of rotatable bonds is 5. The van der Waals surface area contributed by atoms with E-state index in [1.54, 1.807) is 11.3 Å². The summed E-state index contributed by atoms with van der Waals surface area (Å²) in [4.78, 5) is 3.51. The summed E-state index contributed by atoms with van der Waals surface area (Å²) in [5, 5.41) is 12.8. The Kier molecular flexibility index (Phi) is 5.20. The average Bonchev–Trinajstić information content (AvgIpc) is 2.75. The van der Waals surface area contributed by atoms with E-state index < -0.39 is 5.60 Å². The molecule has 4 nitrogen and oxygen atoms in total. The minimum absolute atomic E-state index is 0.0285. The highest BCUT2D eigenvalue weighted by atomic mass is 32.1. The number of hydrogen-bond donors (Lipinski definition) is 2. The van der Waals surface area contributed by atoms with E-state index >= 15 is 0 Å². The second kappa shape index (κ2) is 6.54. The van der Waals surface area contributed by atoms with Crippen LogP contribution in [0.15, 0.2) is 11.4 Å². The van der Waals surface area contributed by atoms with E-state index in [4.69, 9.17) is 10.5 Å². The Hall–Kier alpha value is -0.460. The number of nitrogens with two attached hydrogens (primary N) is 1. The zero-order valence-electron chi connectivity index (χ0n) is 12.6. The van der Waals surface area contributed by atoms with Gasteiger partial charge in [-0.2, -0.15) is 0 Å². The van der Waals surface area contributed by atoms with E-state index in [9.17, 15) is 5.11 Å². The molecule has 2 heterocycles. The van der Waals surface area contributed by atoms with Gasteiger partial charge in [0.1, 0.15) is 0 Å². The van der Waals surface area contributed by atoms with Gasteiger partial charge in [0.15, 0.2) is 0 Å². The van der Waals surface area contributed by atoms with E-state index in [0.717, 1.165) is 0 Å². The monoisotopic (exact) mass is 298 g/mol. The average molecular weight is 298 g/mol. The van der Waals surface area contributed by atoms with E-state index in [1.807, 2.05) is 6.92 Å². The Balaban J connectivity index is 2.11. The molecule has 20 heavy (non-hydrogen) atoms. The maximum Gasteiger partial charge on any atom is 0.0818 e. The Morgan fingerprint density at radius 2 is 2.15 bits per heavy atom. The van der Waals surface area contributed by atoms with Gasteiger partial charge in [-0.25, -0.2) is 0 Å². The maximum absolute atomic E-state index is 10.7. The first-order valence-electron chi connectivity index (χ1n) is 7.23. The van der Waals surface area contributed by atoms with Crippen LogP contribution < -0.4 is 5.73 Å². The van der Waals surface area contributed by atoms with Gasteiger partial charge in [0.25, 0.3) is 0 Å². The lowest BCUT2D eigenvalue weighted by molar-refractivity contribution is -0.0823. The number of likely N-dealkylation sites (N-methyl/N-ethyl adjacent to an activating group) is 1. The summed E-state index contributed by atoms with van der Waals surface area (Å²) in [5.41, 5.74) is 6.84. The summed E-state index contributed by atoms with van der Waals surface area (Å²) in [5.74, 6) is 0. The van der Waals surface area contributed by atoms with E-state index in [-0.39, 0.29) is 12.1 Å². The minimum Gasteiger partial charge on any atom is -0.388 e. The van der Waals surface area contributed by atoms with Gasteiger partial charge < -0.3 is 15.6 Å². The van der Waals surface area contributed by atoms with Crippen molar-refractivity contribution in [3.63, 3.8) is 0 Å². The van der Waals surface area contributed by atoms with Gasteiger partial charge in [0.2, 0.25) is 0 Å². The highest BCUT2D eigenvalue weighted by molar-refractivity contribution is 7.10. The summed E-state index contributed by atoms with van der Waals surface area (Å²) >= 11 is 1.75. The third kappa shape index (κ3) is 3.59. The lowest BCUT2D eigenvalue weighted by Crippen LogP contribution is -2.49. The molecule has 2 rings (SSSR count). The predicted octanol–water partition coefficient (Wildman–Crippen LogP) is 1.92. The van der Waals surface area contributed by atoms with Gasteiger partial charge in [-0.15, -0.1) is 11.3 Å². The van der Waals surface area contributed by atoms with Crippen molar-refractivity contribution in [2.45, 2.75) is 44.4 Å². The van der Waals surface area contributed by atoms with Crippen LogP contribution in [-0.4, -0.2) is 48.5 Å². The van der Waals surface area contributed by atoms with Gasteiger partial charge in [0, 0.05) is 43.5 Å². The smallest absolute Gasteiger partial charge is 0.0818 e. The lowest BCUT2D eigenvalue weighted by atomic mass is 9.92. The van der Waals surface area contributed by atoms with Crippen LogP contribution in [0, 0.1) is 6.92 Å². The van der Waals surface area contributed by atoms with E-state index in [0.29, 0.717) is 32.6 Å². The number of ether oxygens (including phenoxy) is 1. The molecule has 0 aromatic carbocycles. The topological polar surface area (TPSA) is 58.7 Å². The molecule has 1 aromatic heterocycles. The van der Waals surface area contributed by atoms with Crippen LogP contribution in [0.4, 0.5) is 0 Å². The standard InChI is InChI=1S/C15H26N2O2S/c1-11-4-9-20-14(11)13(12(2)16)17(3)10-15(18)5-7-19-8-6-15/h4,9,12-13,18H,5-8,10,16H2,1-3H3. The SMILES string of the molecule is Cc1ccsc1C(C(C)N)N(C)CC1(O)CCOCC1. The van der Waals surface area contributed by atoms with Crippen molar-refractivity contribution in [2.24, 2.45) is 5.73 Å². The van der Waals surface area contributed by atoms with Crippen molar-refractivity contribution in [2.75, 3.05) is 26.8 Å². The van der Waals surface area contributed by atoms with Crippen molar-refractivity contribution in [1.29, 1.82) is 0 Å². The fourth-order valence-corrected chi connectivity index (χ4v) is 4.21. The first-order valence-corrected chi connectivity index (χ1v) is 8.11. The number of aliphatic hydroxyl groups is 1. The zero-order valence-corrected chi connectivity index (χ0v) is 13.4. The number of nitrogens with zero attached hydrogens (tertiary/aromatic N) is 1. The summed E-state index contributed by atoms with van der Waals surface area (Å²) < 4.78 is 5.34. The molecule has 0 spiro atoms. The highest BCUT2D eigenvalue weighted by Gasteiger charge is 2.34. The van der Waals surface area contributed by atoms with Crippen LogP contribution in [0.2, 0.25) is 0 Å². The normalized spacial score (nSPS) is 21.9. The molecular formula is C15H26N2O2S. The molecular weight excluding hydrogens is 272 g/mol. The second-order valence-corrected chi connectivity index (χ2v) is 6.97. The third-order valence-corrected chi connectivity index (χ3v) is 5.20. The first-order chi connectivity index (χ1) is 9.43. The molecule has 1 saturated heterocycles. The molecule has 2 unspecified atom stereocenters. The first kappa shape index (κ1) is 15.9. The fraction of sp³-hybridized carbons (Fsp3) is 0.733. The Labute approximate surface area is 125 Å². The molecule has 0 saturated carbocycles. The fourth-order valence-electron chi connectivity index (χ4n) is 3.00. The van der Waals surface area contributed by atoms with Gasteiger partial charge in [-0.1, -0.05) is 0 Å². The molecule has 0 bridgehead atoms. The highest BCUT2D eigenvalue weighted by Crippen LogP contribution is 2.32. The molecule has 3 N–H and O–H groups in total. The van der Waals surface area contributed by atoms with E-state index in [2.05, 4.69) is 30.3 Å². The molecule has 0 amide bonds. The quantitative estimate of drug-likeness (QED) is 0.872. The van der Waals surface area contributed by atoms with Crippen LogP contribution >= 0.6 is 11.3 Å². The molecule has 1 aliphatic rings. The van der Waals surface area contributed by atoms with Crippen molar-refractivity contribution < 1.29 is 9.84 Å². The molecule has 1 aromatic rings. The summed E-state index contributed by atoms with van der Waals surface area (Å²) in [6, 6.07) is 2.31. The van der Waals surface area contributed by atoms with Crippen molar-refractivity contribution in [1.82, 2.24) is 4.90 Å². The lowest BCUT2D eigenvalue weighted by Gasteiger charge is -2.39. The van der Waals surface area contributed by atoms with Crippen LogP contribution in [0.3, 0.4) is 0 Å². The van der Waals surface area contributed by atoms with Crippen molar-refractivity contribution in [3.05, 3.63) is 21.9 Å². The van der Waals surface area contributed by atoms with Crippen molar-refractivity contribution in [3.8, 4) is 0 Å². The number of thiophene rings is 1. The Morgan fingerprint density at radius 1 is 1.50 bits per heavy atom. The number of aryl methyl sites for hydroxylation is 1. The molecule has 5 heteroatoms. The van der Waals surface area contributed by atoms with E-state index in [1.165, 1.54) is 10.4 Å². The molecule has 2 atom stereocenters. The molecule has 0 radical (unpaired) electrons. The van der Waals surface area contributed by atoms with Crippen LogP contribution in [0.25, 0.3) is 0 Å². The molecule has 114 valence electrons. The van der Waals surface area contributed by atoms with Crippen LogP contribution in [0.5, 0.6) is 0 Å². The summed E-state index contributed by atoms with van der Waals surface area (Å²) in [6.07, 6.45) is 1.40. The minimum atomic E-state index is -0.648. The second-order valence-electron chi connectivity index (χ2n) is 6.02. The third-order valence-electron chi connectivity index (χ3n) is 4.11. The number of hydrogen-bond acceptors (Lipinski definition) is 5. The summed E-state index contributed by atoms with van der Waals surface area (Å²) in [6.45, 7) is 6.09. The Bertz CT molecular complexity index is 427. The predicted molar refractivity (Wildman–Crippen MR) is 83.1 cm³/mol. The van der Waals surface area contributed by atoms with Crippen LogP contribution in [-0.2, 0) is 4.74 Å². The van der Waals surface area contributed by atoms with Gasteiger partial charge >= 0.3 is 0 Å². The van der Waals surface area contributed by atoms with Crippen molar-refractivity contribution >= 4 is 11.3 Å². The van der Waals surface area contributed by atoms with Gasteiger partial charge in [0.05, 0.1) is 11.6 Å². The van der Waals surface area contributed by atoms with Crippen LogP contribution in [0.1, 0.15) is 36.2 Å². The Morgan fingerprint density at radius 3 is 2.65 bits per heavy atom.